The van der Waals surface area contributed by atoms with Gasteiger partial charge in [0.15, 0.2) is 28.9 Å². The van der Waals surface area contributed by atoms with Gasteiger partial charge in [-0.25, -0.2) is 0 Å². The molecule has 0 aliphatic heterocycles. The van der Waals surface area contributed by atoms with Crippen LogP contribution in [0.3, 0.4) is 0 Å². The van der Waals surface area contributed by atoms with E-state index in [1.807, 2.05) is 130 Å². The quantitative estimate of drug-likeness (QED) is 0.0239. The van der Waals surface area contributed by atoms with Gasteiger partial charge in [-0.2, -0.15) is 0 Å². The Morgan fingerprint density at radius 3 is 0.867 bits per heavy atom. The van der Waals surface area contributed by atoms with Crippen LogP contribution >= 0.6 is 0 Å². The number of benzene rings is 9. The van der Waals surface area contributed by atoms with E-state index in [0.29, 0.717) is 17.2 Å². The van der Waals surface area contributed by atoms with E-state index in [4.69, 9.17) is 72.9 Å². The zero-order valence-corrected chi connectivity index (χ0v) is 95.6. The number of ketones is 5. The molecule has 5 heterocycles. The number of carbonyl (C=O) groups excluding carboxylic acids is 5. The normalized spacial score (nSPS) is 10.3. The molecule has 765 valence electrons. The molecule has 14 aromatic rings. The molecular weight excluding hydrogens is 2710 g/mol. The minimum absolute atomic E-state index is 0. The Morgan fingerprint density at radius 1 is 0.259 bits per heavy atom. The van der Waals surface area contributed by atoms with Crippen LogP contribution < -0.4 is 47.4 Å². The summed E-state index contributed by atoms with van der Waals surface area (Å²) < 4.78 is 53.0. The van der Waals surface area contributed by atoms with Gasteiger partial charge < -0.3 is 97.8 Å². The molecule has 5 N–H and O–H groups in total. The van der Waals surface area contributed by atoms with Gasteiger partial charge in [-0.05, 0) is 186 Å². The Kier molecular flexibility index (Phi) is 62.9. The summed E-state index contributed by atoms with van der Waals surface area (Å²) in [5.41, 5.74) is 16.2. The molecule has 5 radical (unpaired) electrons. The van der Waals surface area contributed by atoms with Gasteiger partial charge in [0.2, 0.25) is 0 Å². The van der Waals surface area contributed by atoms with Crippen molar-refractivity contribution >= 4 is 50.5 Å². The van der Waals surface area contributed by atoms with Gasteiger partial charge in [0.25, 0.3) is 0 Å². The Labute approximate surface area is 905 Å². The monoisotopic (exact) mass is 2830 g/mol. The first-order chi connectivity index (χ1) is 65.9. The Morgan fingerprint density at radius 2 is 0.538 bits per heavy atom. The minimum atomic E-state index is -0.125. The number of ether oxygens (including phenoxy) is 10. The molecule has 0 unspecified atom stereocenters. The number of hydrogen-bond donors (Lipinski definition) is 5. The smallest absolute Gasteiger partial charge is 0.155 e. The molecule has 0 spiro atoms. The van der Waals surface area contributed by atoms with Crippen LogP contribution in [0.5, 0.6) is 57.5 Å². The maximum absolute atomic E-state index is 10.0. The first-order valence-electron chi connectivity index (χ1n) is 42.7. The van der Waals surface area contributed by atoms with Crippen molar-refractivity contribution in [3.05, 3.63) is 343 Å². The number of aliphatic hydroxyl groups excluding tert-OH is 5. The number of pyridine rings is 5. The first-order valence-corrected chi connectivity index (χ1v) is 42.7. The second-order valence-electron chi connectivity index (χ2n) is 29.9. The van der Waals surface area contributed by atoms with Crippen molar-refractivity contribution in [3.8, 4) is 136 Å². The van der Waals surface area contributed by atoms with Gasteiger partial charge >= 0.3 is 0 Å². The van der Waals surface area contributed by atoms with Gasteiger partial charge in [-0.15, -0.1) is 89.5 Å². The molecule has 25 nitrogen and oxygen atoms in total. The molecule has 0 fully saturated rings. The number of carbonyl (C=O) groups is 5. The maximum atomic E-state index is 10.0. The van der Waals surface area contributed by atoms with Crippen LogP contribution in [0.1, 0.15) is 85.9 Å². The van der Waals surface area contributed by atoms with Gasteiger partial charge in [0, 0.05) is 202 Å². The van der Waals surface area contributed by atoms with Crippen LogP contribution in [-0.4, -0.2) is 150 Å². The van der Waals surface area contributed by atoms with Crippen LogP contribution in [0.15, 0.2) is 296 Å². The Balaban J connectivity index is 0.00000163. The molecule has 0 saturated carbocycles. The van der Waals surface area contributed by atoms with Gasteiger partial charge in [-0.3, -0.25) is 24.0 Å². The molecule has 0 aliphatic carbocycles. The summed E-state index contributed by atoms with van der Waals surface area (Å²) in [4.78, 5) is 72.0. The molecule has 143 heavy (non-hydrogen) atoms. The SMILES string of the molecule is CC(=O)C=C(C)O.CC(=O)C=C(C)O.CC(=O)C=C(C)O.CC(=O)C=C(C)O.CC(=O)C=C(C)O.COc1c[c-]c(-c2cc(-c3cccc4ccccc34)ccn2)c(OC)c1.COc1c[c-]c(-c2cc(C)ccn2)c(OC)c1.COc1ccnc(-c2[c-]cc(-c3cccc4ccccc34)cc2OC)c1.COc1ccnc(-c2[c-]cc(C)cc2OC)c1.COc1ccnc(-c2[c-]cc(OC)cc2C)c1.[Ir].[Ir].[Ir].[Ir].[Ir]. The fourth-order valence-corrected chi connectivity index (χ4v) is 12.6. The topological polar surface area (TPSA) is 343 Å². The third-order valence-corrected chi connectivity index (χ3v) is 18.5. The standard InChI is InChI=1S/2C23H18NO2.3C14H14NO2.5C5H8O2.5Ir/c1-25-18-10-11-21(23(15-18)26-2)22-14-17(12-13-24-22)20-9-5-7-16-6-3-4-8-19(16)20;1-25-18-12-13-24-22(15-18)21-11-10-17(14-23(21)26-2)20-9-5-7-16-6-3-4-8-19(16)20;1-10-8-11(16-2)4-5-13(10)14-9-12(17-3)6-7-15-14;1-10-6-7-15-13(8-10)12-5-4-11(16-2)9-14(12)17-3;1-10-4-5-12(14(8-10)17-3)13-9-11(16-2)6-7-15-13;5*1-4(6)3-5(2)7;;;;;/h2*3-10,12-15H,1-2H3;3*4,6-9H,1-3H3;5*3,6H,1-2H3;;;;;/q5*-1;;;;;;;;;;. The molecule has 0 amide bonds. The van der Waals surface area contributed by atoms with Crippen molar-refractivity contribution in [1.82, 2.24) is 24.9 Å². The summed E-state index contributed by atoms with van der Waals surface area (Å²) >= 11 is 0. The summed E-state index contributed by atoms with van der Waals surface area (Å²) in [6.07, 6.45) is 14.6. The summed E-state index contributed by atoms with van der Waals surface area (Å²) in [5.74, 6) is 7.13. The summed E-state index contributed by atoms with van der Waals surface area (Å²) in [5, 5.41) is 46.7. The number of aromatic nitrogens is 5. The van der Waals surface area contributed by atoms with Crippen LogP contribution in [0.25, 0.3) is 100 Å². The molecule has 0 atom stereocenters. The van der Waals surface area contributed by atoms with Gasteiger partial charge in [0.05, 0.1) is 99.9 Å². The average Bonchev–Trinajstić information content (AvgIpc) is 0.789. The average molecular weight is 2830 g/mol. The van der Waals surface area contributed by atoms with E-state index < -0.39 is 0 Å². The van der Waals surface area contributed by atoms with E-state index in [1.54, 1.807) is 108 Å². The van der Waals surface area contributed by atoms with Crippen molar-refractivity contribution in [2.75, 3.05) is 71.1 Å². The van der Waals surface area contributed by atoms with Gasteiger partial charge in [0.1, 0.15) is 17.2 Å². The largest absolute Gasteiger partial charge is 0.540 e. The van der Waals surface area contributed by atoms with Crippen molar-refractivity contribution in [2.45, 2.75) is 90.0 Å². The number of aryl methyl sites for hydroxylation is 3. The van der Waals surface area contributed by atoms with Crippen LogP contribution in [-0.2, 0) is 124 Å². The number of hydrogen-bond acceptors (Lipinski definition) is 25. The van der Waals surface area contributed by atoms with E-state index in [0.717, 1.165) is 130 Å². The van der Waals surface area contributed by atoms with E-state index in [2.05, 4.69) is 146 Å². The fourth-order valence-electron chi connectivity index (χ4n) is 12.6. The van der Waals surface area contributed by atoms with E-state index in [-0.39, 0.29) is 158 Å². The van der Waals surface area contributed by atoms with Gasteiger partial charge in [-0.1, -0.05) is 168 Å². The molecule has 0 saturated heterocycles. The molecule has 9 aromatic carbocycles. The number of aliphatic hydroxyl groups is 5. The maximum Gasteiger partial charge on any atom is 0.155 e. The predicted molar refractivity (Wildman–Crippen MR) is 543 cm³/mol. The van der Waals surface area contributed by atoms with Crippen molar-refractivity contribution < 1.29 is 197 Å². The molecule has 0 aliphatic rings. The molecular formula is C113H118Ir5N5O20-5. The predicted octanol–water partition coefficient (Wildman–Crippen LogP) is 24.6. The van der Waals surface area contributed by atoms with Crippen LogP contribution in [0.4, 0.5) is 0 Å². The van der Waals surface area contributed by atoms with Crippen molar-refractivity contribution in [2.24, 2.45) is 0 Å². The zero-order valence-electron chi connectivity index (χ0n) is 83.7. The third-order valence-electron chi connectivity index (χ3n) is 18.5. The molecule has 30 heteroatoms. The fraction of sp³-hybridized carbons (Fsp3) is 0.204. The third kappa shape index (κ3) is 46.0. The minimum Gasteiger partial charge on any atom is -0.540 e. The Hall–Kier alpha value is -13.5. The number of allylic oxidation sites excluding steroid dienone is 10. The number of nitrogens with zero attached hydrogens (tertiary/aromatic N) is 5. The Bertz CT molecular complexity index is 6370. The van der Waals surface area contributed by atoms with E-state index in [1.165, 1.54) is 127 Å². The van der Waals surface area contributed by atoms with Crippen LogP contribution in [0.2, 0.25) is 0 Å². The number of rotatable bonds is 22. The zero-order chi connectivity index (χ0) is 102. The van der Waals surface area contributed by atoms with Crippen molar-refractivity contribution in [1.29, 1.82) is 0 Å². The van der Waals surface area contributed by atoms with E-state index in [9.17, 15) is 24.0 Å². The molecule has 14 rings (SSSR count). The number of fused-ring (bicyclic) bond motifs is 2. The number of methoxy groups -OCH3 is 10. The van der Waals surface area contributed by atoms with Crippen molar-refractivity contribution in [3.63, 3.8) is 0 Å². The summed E-state index contributed by atoms with van der Waals surface area (Å²) in [6, 6.07) is 83.6. The summed E-state index contributed by atoms with van der Waals surface area (Å²) in [7, 11) is 16.4. The van der Waals surface area contributed by atoms with Crippen LogP contribution in [0, 0.1) is 51.1 Å². The molecule has 0 bridgehead atoms. The second-order valence-corrected chi connectivity index (χ2v) is 29.9. The summed E-state index contributed by atoms with van der Waals surface area (Å²) in [6.45, 7) is 20.3. The second kappa shape index (κ2) is 69.4. The van der Waals surface area contributed by atoms with E-state index >= 15 is 0 Å². The first kappa shape index (κ1) is 130. The molecule has 5 aromatic heterocycles.